The SMILES string of the molecule is Cc1c(C(=O)N2CC(N3CC(NC(=O)c4cscn4)C3)C2)sc2cc(C(F)(F)F)ccc12. The molecular formula is C21H19F3N4O2S2. The molecule has 6 nitrogen and oxygen atoms in total. The molecule has 2 aliphatic heterocycles. The van der Waals surface area contributed by atoms with E-state index in [9.17, 15) is 22.8 Å². The fourth-order valence-corrected chi connectivity index (χ4v) is 5.84. The maximum Gasteiger partial charge on any atom is 0.416 e. The molecule has 4 heterocycles. The lowest BCUT2D eigenvalue weighted by atomic mass is 9.99. The van der Waals surface area contributed by atoms with Crippen LogP contribution in [0.5, 0.6) is 0 Å². The van der Waals surface area contributed by atoms with Gasteiger partial charge in [-0.25, -0.2) is 4.98 Å². The van der Waals surface area contributed by atoms with E-state index in [1.807, 2.05) is 0 Å². The molecule has 0 spiro atoms. The van der Waals surface area contributed by atoms with Gasteiger partial charge in [0.1, 0.15) is 5.69 Å². The molecule has 0 atom stereocenters. The lowest BCUT2D eigenvalue weighted by Gasteiger charge is -2.51. The molecule has 3 aromatic rings. The highest BCUT2D eigenvalue weighted by atomic mass is 32.1. The highest BCUT2D eigenvalue weighted by Gasteiger charge is 2.42. The number of hydrogen-bond donors (Lipinski definition) is 1. The molecule has 0 bridgehead atoms. The monoisotopic (exact) mass is 480 g/mol. The van der Waals surface area contributed by atoms with Crippen LogP contribution in [0, 0.1) is 6.92 Å². The van der Waals surface area contributed by atoms with Gasteiger partial charge in [0.2, 0.25) is 0 Å². The Morgan fingerprint density at radius 2 is 1.94 bits per heavy atom. The molecule has 5 rings (SSSR count). The summed E-state index contributed by atoms with van der Waals surface area (Å²) < 4.78 is 39.5. The molecule has 0 saturated carbocycles. The Bertz CT molecular complexity index is 1180. The largest absolute Gasteiger partial charge is 0.416 e. The Morgan fingerprint density at radius 1 is 1.19 bits per heavy atom. The van der Waals surface area contributed by atoms with Gasteiger partial charge >= 0.3 is 6.18 Å². The first kappa shape index (κ1) is 21.4. The number of alkyl halides is 3. The summed E-state index contributed by atoms with van der Waals surface area (Å²) in [6.45, 7) is 4.39. The topological polar surface area (TPSA) is 65.5 Å². The van der Waals surface area contributed by atoms with Gasteiger partial charge in [0.05, 0.1) is 22.0 Å². The Morgan fingerprint density at radius 3 is 2.59 bits per heavy atom. The maximum atomic E-state index is 13.0. The van der Waals surface area contributed by atoms with Crippen LogP contribution >= 0.6 is 22.7 Å². The van der Waals surface area contributed by atoms with Gasteiger partial charge < -0.3 is 10.2 Å². The molecule has 32 heavy (non-hydrogen) atoms. The molecular weight excluding hydrogens is 461 g/mol. The number of halogens is 3. The van der Waals surface area contributed by atoms with Crippen LogP contribution in [0.15, 0.2) is 29.1 Å². The summed E-state index contributed by atoms with van der Waals surface area (Å²) in [6, 6.07) is 3.92. The molecule has 0 aliphatic carbocycles. The first-order valence-corrected chi connectivity index (χ1v) is 11.8. The zero-order chi connectivity index (χ0) is 22.6. The van der Waals surface area contributed by atoms with Crippen LogP contribution in [0.3, 0.4) is 0 Å². The molecule has 2 aromatic heterocycles. The average Bonchev–Trinajstić information content (AvgIpc) is 3.32. The normalized spacial score (nSPS) is 17.9. The highest BCUT2D eigenvalue weighted by Crippen LogP contribution is 2.37. The molecule has 11 heteroatoms. The maximum absolute atomic E-state index is 13.0. The van der Waals surface area contributed by atoms with Gasteiger partial charge in [0.15, 0.2) is 0 Å². The van der Waals surface area contributed by atoms with E-state index >= 15 is 0 Å². The van der Waals surface area contributed by atoms with Crippen molar-refractivity contribution < 1.29 is 22.8 Å². The number of thiophene rings is 1. The molecule has 0 radical (unpaired) electrons. The summed E-state index contributed by atoms with van der Waals surface area (Å²) in [4.78, 5) is 33.4. The number of hydrogen-bond acceptors (Lipinski definition) is 6. The van der Waals surface area contributed by atoms with E-state index in [2.05, 4.69) is 15.2 Å². The number of carbonyl (C=O) groups is 2. The number of nitrogens with one attached hydrogen (secondary N) is 1. The van der Waals surface area contributed by atoms with E-state index in [0.29, 0.717) is 33.7 Å². The Kier molecular flexibility index (Phi) is 5.22. The first-order chi connectivity index (χ1) is 15.2. The molecule has 168 valence electrons. The number of carbonyl (C=O) groups excluding carboxylic acids is 2. The number of fused-ring (bicyclic) bond motifs is 1. The summed E-state index contributed by atoms with van der Waals surface area (Å²) in [7, 11) is 0. The summed E-state index contributed by atoms with van der Waals surface area (Å²) in [6.07, 6.45) is -4.41. The fraction of sp³-hybridized carbons (Fsp3) is 0.381. The quantitative estimate of drug-likeness (QED) is 0.620. The molecule has 2 aliphatic rings. The van der Waals surface area contributed by atoms with E-state index in [0.717, 1.165) is 42.1 Å². The number of rotatable bonds is 4. The van der Waals surface area contributed by atoms with Gasteiger partial charge in [0.25, 0.3) is 11.8 Å². The number of nitrogens with zero attached hydrogens (tertiary/aromatic N) is 3. The number of thiazole rings is 1. The lowest BCUT2D eigenvalue weighted by Crippen LogP contribution is -2.70. The lowest BCUT2D eigenvalue weighted by molar-refractivity contribution is -0.137. The van der Waals surface area contributed by atoms with E-state index in [4.69, 9.17) is 0 Å². The molecule has 0 unspecified atom stereocenters. The van der Waals surface area contributed by atoms with E-state index in [-0.39, 0.29) is 23.9 Å². The van der Waals surface area contributed by atoms with Crippen LogP contribution in [-0.2, 0) is 6.18 Å². The fourth-order valence-electron chi connectivity index (χ4n) is 4.09. The van der Waals surface area contributed by atoms with Gasteiger partial charge in [0, 0.05) is 42.3 Å². The van der Waals surface area contributed by atoms with Crippen LogP contribution in [0.1, 0.15) is 31.3 Å². The summed E-state index contributed by atoms with van der Waals surface area (Å²) >= 11 is 2.49. The third-order valence-corrected chi connectivity index (χ3v) is 7.86. The van der Waals surface area contributed by atoms with Crippen LogP contribution < -0.4 is 5.32 Å². The smallest absolute Gasteiger partial charge is 0.345 e. The first-order valence-electron chi connectivity index (χ1n) is 10.0. The van der Waals surface area contributed by atoms with Crippen molar-refractivity contribution in [2.75, 3.05) is 26.2 Å². The van der Waals surface area contributed by atoms with Crippen molar-refractivity contribution in [3.63, 3.8) is 0 Å². The van der Waals surface area contributed by atoms with Crippen molar-refractivity contribution in [1.82, 2.24) is 20.1 Å². The van der Waals surface area contributed by atoms with Crippen molar-refractivity contribution in [2.24, 2.45) is 0 Å². The zero-order valence-electron chi connectivity index (χ0n) is 17.0. The molecule has 1 N–H and O–H groups in total. The highest BCUT2D eigenvalue weighted by molar-refractivity contribution is 7.21. The third kappa shape index (κ3) is 3.78. The van der Waals surface area contributed by atoms with Crippen molar-refractivity contribution >= 4 is 44.6 Å². The predicted octanol–water partition coefficient (Wildman–Crippen LogP) is 3.62. The van der Waals surface area contributed by atoms with Gasteiger partial charge in [-0.1, -0.05) is 6.07 Å². The Labute approximate surface area is 189 Å². The minimum absolute atomic E-state index is 0.0709. The summed E-state index contributed by atoms with van der Waals surface area (Å²) in [5.74, 6) is -0.308. The van der Waals surface area contributed by atoms with Crippen molar-refractivity contribution in [2.45, 2.75) is 25.2 Å². The van der Waals surface area contributed by atoms with Crippen LogP contribution in [0.4, 0.5) is 13.2 Å². The zero-order valence-corrected chi connectivity index (χ0v) is 18.6. The van der Waals surface area contributed by atoms with Crippen LogP contribution in [0.2, 0.25) is 0 Å². The molecule has 1 aromatic carbocycles. The number of amides is 2. The van der Waals surface area contributed by atoms with Crippen LogP contribution in [-0.4, -0.2) is 64.9 Å². The van der Waals surface area contributed by atoms with E-state index < -0.39 is 11.7 Å². The van der Waals surface area contributed by atoms with Crippen LogP contribution in [0.25, 0.3) is 10.1 Å². The third-order valence-electron chi connectivity index (χ3n) is 6.04. The Balaban J connectivity index is 1.17. The van der Waals surface area contributed by atoms with E-state index in [1.54, 1.807) is 22.7 Å². The second-order valence-corrected chi connectivity index (χ2v) is 9.90. The number of aryl methyl sites for hydroxylation is 1. The second-order valence-electron chi connectivity index (χ2n) is 8.13. The number of benzene rings is 1. The second kappa shape index (κ2) is 7.82. The standard InChI is InChI=1S/C21H19F3N4O2S2/c1-11-15-3-2-12(21(22,23)24)4-17(15)32-18(11)20(30)28-7-14(8-28)27-5-13(6-27)26-19(29)16-9-31-10-25-16/h2-4,9-10,13-14H,5-8H2,1H3,(H,26,29). The Hall–Kier alpha value is -2.50. The summed E-state index contributed by atoms with van der Waals surface area (Å²) in [5, 5.41) is 5.35. The predicted molar refractivity (Wildman–Crippen MR) is 116 cm³/mol. The minimum atomic E-state index is -4.41. The van der Waals surface area contributed by atoms with Crippen molar-refractivity contribution in [1.29, 1.82) is 0 Å². The minimum Gasteiger partial charge on any atom is -0.345 e. The van der Waals surface area contributed by atoms with E-state index in [1.165, 1.54) is 17.4 Å². The van der Waals surface area contributed by atoms with Crippen molar-refractivity contribution in [3.8, 4) is 0 Å². The average molecular weight is 481 g/mol. The van der Waals surface area contributed by atoms with Gasteiger partial charge in [-0.3, -0.25) is 14.5 Å². The summed E-state index contributed by atoms with van der Waals surface area (Å²) in [5.41, 5.74) is 2.06. The number of likely N-dealkylation sites (tertiary alicyclic amines) is 2. The van der Waals surface area contributed by atoms with Crippen molar-refractivity contribution in [3.05, 3.63) is 50.8 Å². The molecule has 2 amide bonds. The molecule has 2 fully saturated rings. The van der Waals surface area contributed by atoms with Gasteiger partial charge in [-0.05, 0) is 30.0 Å². The molecule has 2 saturated heterocycles. The number of aromatic nitrogens is 1. The van der Waals surface area contributed by atoms with Gasteiger partial charge in [-0.15, -0.1) is 22.7 Å². The van der Waals surface area contributed by atoms with Gasteiger partial charge in [-0.2, -0.15) is 13.2 Å².